The molecule has 0 radical (unpaired) electrons. The van der Waals surface area contributed by atoms with Crippen LogP contribution in [0.1, 0.15) is 67.6 Å². The second-order valence-electron chi connectivity index (χ2n) is 6.79. The van der Waals surface area contributed by atoms with E-state index in [9.17, 15) is 9.59 Å². The van der Waals surface area contributed by atoms with Crippen LogP contribution in [0, 0.1) is 0 Å². The first-order valence-electron chi connectivity index (χ1n) is 9.76. The molecular weight excluding hydrogens is 364 g/mol. The summed E-state index contributed by atoms with van der Waals surface area (Å²) in [5, 5.41) is 0. The third-order valence-electron chi connectivity index (χ3n) is 4.95. The Morgan fingerprint density at radius 3 is 1.45 bits per heavy atom. The number of ether oxygens (including phenoxy) is 2. The van der Waals surface area contributed by atoms with Crippen LogP contribution in [0.3, 0.4) is 0 Å². The number of benzene rings is 2. The topological polar surface area (TPSA) is 52.6 Å². The highest BCUT2D eigenvalue weighted by molar-refractivity contribution is 5.81. The molecule has 4 nitrogen and oxygen atoms in total. The molecular formula is C25H28O4. The van der Waals surface area contributed by atoms with Crippen LogP contribution < -0.4 is 0 Å². The Hall–Kier alpha value is -3.14. The summed E-state index contributed by atoms with van der Waals surface area (Å²) in [7, 11) is 0. The fourth-order valence-electron chi connectivity index (χ4n) is 3.58. The third-order valence-corrected chi connectivity index (χ3v) is 4.95. The Labute approximate surface area is 172 Å². The number of carbonyl (C=O) groups is 2. The van der Waals surface area contributed by atoms with Crippen molar-refractivity contribution in [1.82, 2.24) is 0 Å². The van der Waals surface area contributed by atoms with E-state index in [1.807, 2.05) is 50.2 Å². The van der Waals surface area contributed by atoms with Crippen LogP contribution in [0.2, 0.25) is 0 Å². The standard InChI is InChI=1S/C25H28O4/c1-6-19(22-15-11-9-13-20(22)17(4)28-24(26)7-2)23-16-12-10-14-21(23)18(5)29-25(27)8-3/h7-19H,2-3,6H2,1,4-5H3. The van der Waals surface area contributed by atoms with E-state index in [1.165, 1.54) is 12.2 Å². The first-order chi connectivity index (χ1) is 13.9. The molecule has 0 saturated heterocycles. The van der Waals surface area contributed by atoms with Crippen LogP contribution in [-0.4, -0.2) is 11.9 Å². The maximum atomic E-state index is 11.7. The Morgan fingerprint density at radius 1 is 0.793 bits per heavy atom. The number of hydrogen-bond donors (Lipinski definition) is 0. The van der Waals surface area contributed by atoms with Crippen molar-refractivity contribution < 1.29 is 19.1 Å². The lowest BCUT2D eigenvalue weighted by Gasteiger charge is -2.26. The molecule has 0 amide bonds. The first kappa shape index (κ1) is 22.2. The van der Waals surface area contributed by atoms with E-state index < -0.39 is 24.1 Å². The molecule has 0 heterocycles. The van der Waals surface area contributed by atoms with E-state index in [2.05, 4.69) is 32.2 Å². The van der Waals surface area contributed by atoms with E-state index in [4.69, 9.17) is 9.47 Å². The third kappa shape index (κ3) is 5.44. The molecule has 0 spiro atoms. The van der Waals surface area contributed by atoms with Gasteiger partial charge < -0.3 is 9.47 Å². The molecule has 0 aliphatic rings. The predicted molar refractivity (Wildman–Crippen MR) is 114 cm³/mol. The van der Waals surface area contributed by atoms with Crippen molar-refractivity contribution in [2.75, 3.05) is 0 Å². The molecule has 2 atom stereocenters. The summed E-state index contributed by atoms with van der Waals surface area (Å²) in [4.78, 5) is 23.4. The van der Waals surface area contributed by atoms with Crippen molar-refractivity contribution in [2.45, 2.75) is 45.3 Å². The summed E-state index contributed by atoms with van der Waals surface area (Å²) in [5.74, 6) is -0.853. The fraction of sp³-hybridized carbons (Fsp3) is 0.280. The maximum absolute atomic E-state index is 11.7. The van der Waals surface area contributed by atoms with Gasteiger partial charge in [0.25, 0.3) is 0 Å². The van der Waals surface area contributed by atoms with E-state index in [0.717, 1.165) is 28.7 Å². The van der Waals surface area contributed by atoms with Gasteiger partial charge >= 0.3 is 11.9 Å². The van der Waals surface area contributed by atoms with Crippen LogP contribution in [0.15, 0.2) is 73.8 Å². The van der Waals surface area contributed by atoms with E-state index >= 15 is 0 Å². The average Bonchev–Trinajstić information content (AvgIpc) is 2.74. The van der Waals surface area contributed by atoms with Crippen LogP contribution in [-0.2, 0) is 19.1 Å². The molecule has 0 bridgehead atoms. The van der Waals surface area contributed by atoms with Crippen LogP contribution in [0.25, 0.3) is 0 Å². The molecule has 2 rings (SSSR count). The van der Waals surface area contributed by atoms with Crippen molar-refractivity contribution in [1.29, 1.82) is 0 Å². The summed E-state index contributed by atoms with van der Waals surface area (Å²) >= 11 is 0. The summed E-state index contributed by atoms with van der Waals surface area (Å²) in [6.07, 6.45) is 2.35. The Bertz CT molecular complexity index is 812. The zero-order valence-corrected chi connectivity index (χ0v) is 17.3. The van der Waals surface area contributed by atoms with Crippen molar-refractivity contribution in [2.24, 2.45) is 0 Å². The molecule has 2 unspecified atom stereocenters. The van der Waals surface area contributed by atoms with Gasteiger partial charge in [-0.15, -0.1) is 0 Å². The first-order valence-corrected chi connectivity index (χ1v) is 9.76. The van der Waals surface area contributed by atoms with Crippen molar-refractivity contribution >= 4 is 11.9 Å². The molecule has 152 valence electrons. The zero-order chi connectivity index (χ0) is 21.4. The molecule has 4 heteroatoms. The average molecular weight is 392 g/mol. The SMILES string of the molecule is C=CC(=O)OC(C)c1ccccc1C(CC)c1ccccc1C(C)OC(=O)C=C. The molecule has 0 N–H and O–H groups in total. The molecule has 0 fully saturated rings. The number of carbonyl (C=O) groups excluding carboxylic acids is 2. The largest absolute Gasteiger partial charge is 0.455 e. The molecule has 2 aromatic carbocycles. The summed E-state index contributed by atoms with van der Waals surface area (Å²) < 4.78 is 10.9. The highest BCUT2D eigenvalue weighted by atomic mass is 16.5. The summed E-state index contributed by atoms with van der Waals surface area (Å²) in [6, 6.07) is 15.9. The van der Waals surface area contributed by atoms with Gasteiger partial charge in [-0.1, -0.05) is 68.6 Å². The summed E-state index contributed by atoms with van der Waals surface area (Å²) in [6.45, 7) is 12.8. The predicted octanol–water partition coefficient (Wildman–Crippen LogP) is 5.81. The Morgan fingerprint density at radius 2 is 1.14 bits per heavy atom. The van der Waals surface area contributed by atoms with Crippen molar-refractivity contribution in [3.05, 3.63) is 96.1 Å². The van der Waals surface area contributed by atoms with Crippen molar-refractivity contribution in [3.8, 4) is 0 Å². The van der Waals surface area contributed by atoms with Gasteiger partial charge in [-0.2, -0.15) is 0 Å². The van der Waals surface area contributed by atoms with Crippen LogP contribution in [0.4, 0.5) is 0 Å². The number of hydrogen-bond acceptors (Lipinski definition) is 4. The lowest BCUT2D eigenvalue weighted by atomic mass is 9.82. The van der Waals surface area contributed by atoms with Crippen LogP contribution >= 0.6 is 0 Å². The van der Waals surface area contributed by atoms with Gasteiger partial charge in [-0.05, 0) is 42.5 Å². The van der Waals surface area contributed by atoms with E-state index in [-0.39, 0.29) is 5.92 Å². The molecule has 0 aliphatic heterocycles. The maximum Gasteiger partial charge on any atom is 0.330 e. The molecule has 0 saturated carbocycles. The normalized spacial score (nSPS) is 13.6. The van der Waals surface area contributed by atoms with Gasteiger partial charge in [0.1, 0.15) is 12.2 Å². The monoisotopic (exact) mass is 392 g/mol. The van der Waals surface area contributed by atoms with Gasteiger partial charge in [0, 0.05) is 18.1 Å². The second-order valence-corrected chi connectivity index (χ2v) is 6.79. The number of rotatable bonds is 9. The molecule has 29 heavy (non-hydrogen) atoms. The quantitative estimate of drug-likeness (QED) is 0.399. The van der Waals surface area contributed by atoms with Crippen molar-refractivity contribution in [3.63, 3.8) is 0 Å². The zero-order valence-electron chi connectivity index (χ0n) is 17.3. The fourth-order valence-corrected chi connectivity index (χ4v) is 3.58. The van der Waals surface area contributed by atoms with E-state index in [1.54, 1.807) is 0 Å². The van der Waals surface area contributed by atoms with Gasteiger partial charge in [0.05, 0.1) is 0 Å². The Balaban J connectivity index is 2.48. The minimum atomic E-state index is -0.453. The molecule has 0 aromatic heterocycles. The highest BCUT2D eigenvalue weighted by Crippen LogP contribution is 2.37. The second kappa shape index (κ2) is 10.4. The lowest BCUT2D eigenvalue weighted by molar-refractivity contribution is -0.143. The molecule has 0 aliphatic carbocycles. The minimum absolute atomic E-state index is 0.0529. The smallest absolute Gasteiger partial charge is 0.330 e. The number of esters is 2. The van der Waals surface area contributed by atoms with Gasteiger partial charge in [-0.25, -0.2) is 9.59 Å². The summed E-state index contributed by atoms with van der Waals surface area (Å²) in [5.41, 5.74) is 4.04. The highest BCUT2D eigenvalue weighted by Gasteiger charge is 2.24. The van der Waals surface area contributed by atoms with E-state index in [0.29, 0.717) is 0 Å². The Kier molecular flexibility index (Phi) is 7.96. The van der Waals surface area contributed by atoms with Gasteiger partial charge in [0.15, 0.2) is 0 Å². The minimum Gasteiger partial charge on any atom is -0.455 e. The van der Waals surface area contributed by atoms with Gasteiger partial charge in [0.2, 0.25) is 0 Å². The van der Waals surface area contributed by atoms with Gasteiger partial charge in [-0.3, -0.25) is 0 Å². The lowest BCUT2D eigenvalue weighted by Crippen LogP contribution is -2.14. The van der Waals surface area contributed by atoms with Crippen LogP contribution in [0.5, 0.6) is 0 Å². The molecule has 2 aromatic rings.